The first-order valence-electron chi connectivity index (χ1n) is 2.81. The molecule has 0 spiro atoms. The van der Waals surface area contributed by atoms with Crippen molar-refractivity contribution in [3.05, 3.63) is 24.6 Å². The average Bonchev–Trinajstić information content (AvgIpc) is 2.02. The molecule has 0 aromatic heterocycles. The minimum Gasteiger partial charge on any atom is -0.202 e. The second-order valence-electron chi connectivity index (χ2n) is 1.65. The molecule has 0 aromatic carbocycles. The molecular weight excluding hydrogens is 224 g/mol. The van der Waals surface area contributed by atoms with Gasteiger partial charge in [0, 0.05) is 6.08 Å². The van der Waals surface area contributed by atoms with Crippen LogP contribution in [-0.2, 0) is 0 Å². The van der Waals surface area contributed by atoms with Crippen molar-refractivity contribution in [3.63, 3.8) is 0 Å². The maximum atomic E-state index is 11.0. The molecule has 0 unspecified atom stereocenters. The van der Waals surface area contributed by atoms with E-state index in [0.29, 0.717) is 0 Å². The molecular formula is C6H4F8. The van der Waals surface area contributed by atoms with Gasteiger partial charge in [-0.25, -0.2) is 8.78 Å². The summed E-state index contributed by atoms with van der Waals surface area (Å²) >= 11 is 0. The quantitative estimate of drug-likeness (QED) is 0.468. The standard InChI is InChI=1S/C3HF5.C3H3F3/c4-1(2(5)6)3(7)8;1-2-3(4,5)6/h2H;2H,1H2. The number of hydrogen-bond donors (Lipinski definition) is 0. The minimum atomic E-state index is -4.19. The Hall–Kier alpha value is -1.08. The van der Waals surface area contributed by atoms with Gasteiger partial charge in [0.25, 0.3) is 6.43 Å². The monoisotopic (exact) mass is 228 g/mol. The van der Waals surface area contributed by atoms with Gasteiger partial charge in [-0.05, 0) is 0 Å². The summed E-state index contributed by atoms with van der Waals surface area (Å²) in [6.45, 7) is 2.51. The van der Waals surface area contributed by atoms with Crippen molar-refractivity contribution in [1.29, 1.82) is 0 Å². The van der Waals surface area contributed by atoms with Gasteiger partial charge < -0.3 is 0 Å². The zero-order valence-electron chi connectivity index (χ0n) is 6.39. The first kappa shape index (κ1) is 15.4. The summed E-state index contributed by atoms with van der Waals surface area (Å²) in [6, 6.07) is 0. The molecule has 0 atom stereocenters. The van der Waals surface area contributed by atoms with Crippen molar-refractivity contribution in [2.24, 2.45) is 0 Å². The Morgan fingerprint density at radius 1 is 1.07 bits per heavy atom. The lowest BCUT2D eigenvalue weighted by molar-refractivity contribution is -0.0795. The molecule has 0 rings (SSSR count). The third-order valence-electron chi connectivity index (χ3n) is 0.604. The van der Waals surface area contributed by atoms with E-state index in [-0.39, 0.29) is 6.08 Å². The zero-order chi connectivity index (χ0) is 11.9. The van der Waals surface area contributed by atoms with E-state index in [4.69, 9.17) is 0 Å². The highest BCUT2D eigenvalue weighted by atomic mass is 19.4. The first-order valence-corrected chi connectivity index (χ1v) is 2.81. The lowest BCUT2D eigenvalue weighted by atomic mass is 10.6. The maximum Gasteiger partial charge on any atom is 0.409 e. The molecule has 8 heteroatoms. The van der Waals surface area contributed by atoms with E-state index in [2.05, 4.69) is 6.58 Å². The van der Waals surface area contributed by atoms with Crippen molar-refractivity contribution >= 4 is 0 Å². The molecule has 0 aromatic rings. The summed E-state index contributed by atoms with van der Waals surface area (Å²) in [5.41, 5.74) is 0. The highest BCUT2D eigenvalue weighted by molar-refractivity contribution is 4.93. The zero-order valence-corrected chi connectivity index (χ0v) is 6.39. The fourth-order valence-corrected chi connectivity index (χ4v) is 0.0825. The largest absolute Gasteiger partial charge is 0.409 e. The molecule has 84 valence electrons. The number of hydrogen-bond acceptors (Lipinski definition) is 0. The molecule has 0 nitrogen and oxygen atoms in total. The van der Waals surface area contributed by atoms with Gasteiger partial charge in [-0.1, -0.05) is 6.58 Å². The lowest BCUT2D eigenvalue weighted by Crippen LogP contribution is -1.98. The smallest absolute Gasteiger partial charge is 0.202 e. The number of rotatable bonds is 1. The average molecular weight is 228 g/mol. The van der Waals surface area contributed by atoms with Crippen molar-refractivity contribution in [3.8, 4) is 0 Å². The molecule has 0 bridgehead atoms. The molecule has 0 aliphatic rings. The number of halogens is 8. The van der Waals surface area contributed by atoms with Crippen LogP contribution in [0.2, 0.25) is 0 Å². The van der Waals surface area contributed by atoms with Crippen LogP contribution >= 0.6 is 0 Å². The molecule has 14 heavy (non-hydrogen) atoms. The SMILES string of the molecule is C=CC(F)(F)F.FC(F)=C(F)C(F)F. The lowest BCUT2D eigenvalue weighted by Gasteiger charge is -1.91. The minimum absolute atomic E-state index is 0.0625. The topological polar surface area (TPSA) is 0 Å². The Morgan fingerprint density at radius 3 is 1.36 bits per heavy atom. The Morgan fingerprint density at radius 2 is 1.36 bits per heavy atom. The van der Waals surface area contributed by atoms with Crippen LogP contribution in [0.15, 0.2) is 24.6 Å². The highest BCUT2D eigenvalue weighted by Crippen LogP contribution is 2.16. The van der Waals surface area contributed by atoms with Gasteiger partial charge in [-0.3, -0.25) is 0 Å². The van der Waals surface area contributed by atoms with Crippen LogP contribution in [0.1, 0.15) is 0 Å². The van der Waals surface area contributed by atoms with Crippen molar-refractivity contribution in [1.82, 2.24) is 0 Å². The predicted molar refractivity (Wildman–Crippen MR) is 32.6 cm³/mol. The van der Waals surface area contributed by atoms with E-state index in [1.807, 2.05) is 0 Å². The van der Waals surface area contributed by atoms with Gasteiger partial charge in [-0.2, -0.15) is 26.3 Å². The molecule has 0 saturated carbocycles. The van der Waals surface area contributed by atoms with Crippen LogP contribution < -0.4 is 0 Å². The highest BCUT2D eigenvalue weighted by Gasteiger charge is 2.19. The normalized spacial score (nSPS) is 10.4. The molecule has 0 radical (unpaired) electrons. The summed E-state index contributed by atoms with van der Waals surface area (Å²) in [6.07, 6.45) is -10.9. The van der Waals surface area contributed by atoms with Crippen LogP contribution in [-0.4, -0.2) is 12.6 Å². The Bertz CT molecular complexity index is 196. The predicted octanol–water partition coefficient (Wildman–Crippen LogP) is 4.06. The molecule has 0 aliphatic carbocycles. The molecule has 0 heterocycles. The first-order chi connectivity index (χ1) is 6.11. The summed E-state index contributed by atoms with van der Waals surface area (Å²) in [5, 5.41) is 0. The summed E-state index contributed by atoms with van der Waals surface area (Å²) < 4.78 is 86.0. The van der Waals surface area contributed by atoms with E-state index in [1.165, 1.54) is 0 Å². The van der Waals surface area contributed by atoms with E-state index in [0.717, 1.165) is 0 Å². The van der Waals surface area contributed by atoms with Gasteiger partial charge in [0.2, 0.25) is 5.83 Å². The molecule has 0 aliphatic heterocycles. The second kappa shape index (κ2) is 6.39. The van der Waals surface area contributed by atoms with Gasteiger partial charge >= 0.3 is 12.3 Å². The summed E-state index contributed by atoms with van der Waals surface area (Å²) in [5.74, 6) is -2.65. The van der Waals surface area contributed by atoms with Crippen LogP contribution in [0.3, 0.4) is 0 Å². The van der Waals surface area contributed by atoms with Crippen LogP contribution in [0.5, 0.6) is 0 Å². The molecule has 0 saturated heterocycles. The number of allylic oxidation sites excluding steroid dienone is 2. The van der Waals surface area contributed by atoms with E-state index >= 15 is 0 Å². The Balaban J connectivity index is 0. The van der Waals surface area contributed by atoms with Crippen LogP contribution in [0.4, 0.5) is 35.1 Å². The molecule has 0 fully saturated rings. The maximum absolute atomic E-state index is 11.0. The molecule has 0 N–H and O–H groups in total. The van der Waals surface area contributed by atoms with Crippen molar-refractivity contribution in [2.45, 2.75) is 12.6 Å². The third-order valence-corrected chi connectivity index (χ3v) is 0.604. The van der Waals surface area contributed by atoms with Gasteiger partial charge in [0.1, 0.15) is 0 Å². The molecule has 0 amide bonds. The third kappa shape index (κ3) is 10.9. The van der Waals surface area contributed by atoms with E-state index in [1.54, 1.807) is 0 Å². The summed E-state index contributed by atoms with van der Waals surface area (Å²) in [7, 11) is 0. The fraction of sp³-hybridized carbons (Fsp3) is 0.333. The van der Waals surface area contributed by atoms with E-state index < -0.39 is 24.5 Å². The Labute approximate surface area is 73.5 Å². The van der Waals surface area contributed by atoms with Gasteiger partial charge in [0.15, 0.2) is 0 Å². The van der Waals surface area contributed by atoms with E-state index in [9.17, 15) is 35.1 Å². The fourth-order valence-electron chi connectivity index (χ4n) is 0.0825. The van der Waals surface area contributed by atoms with Crippen molar-refractivity contribution in [2.75, 3.05) is 0 Å². The summed E-state index contributed by atoms with van der Waals surface area (Å²) in [4.78, 5) is 0. The Kier molecular flexibility index (Phi) is 7.02. The van der Waals surface area contributed by atoms with Crippen LogP contribution in [0.25, 0.3) is 0 Å². The van der Waals surface area contributed by atoms with Crippen LogP contribution in [0, 0.1) is 0 Å². The number of alkyl halides is 5. The van der Waals surface area contributed by atoms with Gasteiger partial charge in [0.05, 0.1) is 0 Å². The van der Waals surface area contributed by atoms with Crippen molar-refractivity contribution < 1.29 is 35.1 Å². The second-order valence-corrected chi connectivity index (χ2v) is 1.65. The van der Waals surface area contributed by atoms with Gasteiger partial charge in [-0.15, -0.1) is 0 Å².